The average Bonchev–Trinajstić information content (AvgIpc) is 2.69. The van der Waals surface area contributed by atoms with Crippen molar-refractivity contribution in [2.24, 2.45) is 0 Å². The number of carbonyl (C=O) groups excluding carboxylic acids is 2. The largest absolute Gasteiger partial charge is 0.463 e. The van der Waals surface area contributed by atoms with Crippen LogP contribution in [0.4, 0.5) is 0 Å². The Bertz CT molecular complexity index is 601. The van der Waals surface area contributed by atoms with Gasteiger partial charge in [-0.1, -0.05) is 30.9 Å². The summed E-state index contributed by atoms with van der Waals surface area (Å²) < 4.78 is 32.7. The van der Waals surface area contributed by atoms with Crippen LogP contribution >= 0.6 is 0 Å². The summed E-state index contributed by atoms with van der Waals surface area (Å²) in [5.41, 5.74) is 0.711. The van der Waals surface area contributed by atoms with Crippen LogP contribution in [0, 0.1) is 0 Å². The fourth-order valence-electron chi connectivity index (χ4n) is 2.42. The number of esters is 2. The van der Waals surface area contributed by atoms with Gasteiger partial charge in [-0.3, -0.25) is 0 Å². The highest BCUT2D eigenvalue weighted by molar-refractivity contribution is 5.86. The van der Waals surface area contributed by atoms with Gasteiger partial charge in [-0.05, 0) is 20.3 Å². The molecule has 28 heavy (non-hydrogen) atoms. The van der Waals surface area contributed by atoms with Gasteiger partial charge >= 0.3 is 11.9 Å². The van der Waals surface area contributed by atoms with Crippen molar-refractivity contribution in [1.82, 2.24) is 0 Å². The van der Waals surface area contributed by atoms with E-state index < -0.39 is 35.7 Å². The Morgan fingerprint density at radius 1 is 0.964 bits per heavy atom. The van der Waals surface area contributed by atoms with Crippen molar-refractivity contribution in [2.75, 3.05) is 27.4 Å². The van der Waals surface area contributed by atoms with E-state index in [4.69, 9.17) is 28.4 Å². The first kappa shape index (κ1) is 24.0. The summed E-state index contributed by atoms with van der Waals surface area (Å²) in [6.07, 6.45) is 1.23. The van der Waals surface area contributed by atoms with Crippen LogP contribution in [-0.2, 0) is 38.0 Å². The fraction of sp³-hybridized carbons (Fsp3) is 0.600. The Morgan fingerprint density at radius 3 is 1.82 bits per heavy atom. The van der Waals surface area contributed by atoms with Gasteiger partial charge in [0.1, 0.15) is 0 Å². The number of ether oxygens (including phenoxy) is 6. The Morgan fingerprint density at radius 2 is 1.43 bits per heavy atom. The third-order valence-electron chi connectivity index (χ3n) is 4.57. The summed E-state index contributed by atoms with van der Waals surface area (Å²) in [6, 6.07) is 0. The van der Waals surface area contributed by atoms with Crippen LogP contribution in [0.1, 0.15) is 26.7 Å². The molecular weight excluding hydrogens is 368 g/mol. The van der Waals surface area contributed by atoms with Gasteiger partial charge in [-0.15, -0.1) is 6.58 Å². The molecule has 0 spiro atoms. The molecule has 0 saturated carbocycles. The number of allylic oxidation sites excluding steroid dienone is 1. The van der Waals surface area contributed by atoms with Crippen LogP contribution in [-0.4, -0.2) is 63.2 Å². The normalized spacial score (nSPS) is 29.6. The van der Waals surface area contributed by atoms with Crippen LogP contribution in [0.3, 0.4) is 0 Å². The average molecular weight is 398 g/mol. The first-order valence-corrected chi connectivity index (χ1v) is 8.88. The van der Waals surface area contributed by atoms with Gasteiger partial charge in [-0.25, -0.2) is 9.59 Å². The second kappa shape index (κ2) is 10.5. The number of carbonyl (C=O) groups is 2. The highest BCUT2D eigenvalue weighted by atomic mass is 16.8. The van der Waals surface area contributed by atoms with Crippen LogP contribution < -0.4 is 0 Å². The molecule has 1 aliphatic heterocycles. The molecule has 8 heteroatoms. The van der Waals surface area contributed by atoms with Gasteiger partial charge < -0.3 is 28.4 Å². The standard InChI is InChI=1S/C20H30O8/c1-8-10-12-25-17(21)15-16(18(22)26-13-11-14(3)9-2)28-20(5,24-7)19(4,23-6)27-15/h8-9,15-16H,1-3,10-13H2,4-7H3. The van der Waals surface area contributed by atoms with Gasteiger partial charge in [0.25, 0.3) is 0 Å². The second-order valence-electron chi connectivity index (χ2n) is 6.40. The van der Waals surface area contributed by atoms with E-state index in [0.717, 1.165) is 0 Å². The molecule has 0 aromatic rings. The fourth-order valence-corrected chi connectivity index (χ4v) is 2.42. The summed E-state index contributed by atoms with van der Waals surface area (Å²) in [6.45, 7) is 14.1. The third kappa shape index (κ3) is 5.51. The predicted octanol–water partition coefficient (Wildman–Crippen LogP) is 2.29. The Labute approximate surface area is 166 Å². The lowest BCUT2D eigenvalue weighted by Gasteiger charge is -2.50. The van der Waals surface area contributed by atoms with E-state index in [1.54, 1.807) is 12.2 Å². The second-order valence-corrected chi connectivity index (χ2v) is 6.40. The first-order chi connectivity index (χ1) is 13.2. The van der Waals surface area contributed by atoms with Crippen LogP contribution in [0.2, 0.25) is 0 Å². The molecule has 158 valence electrons. The van der Waals surface area contributed by atoms with Gasteiger partial charge in [0.2, 0.25) is 11.6 Å². The highest BCUT2D eigenvalue weighted by Gasteiger charge is 2.60. The maximum absolute atomic E-state index is 12.6. The Balaban J connectivity index is 3.02. The Kier molecular flexibility index (Phi) is 9.03. The maximum Gasteiger partial charge on any atom is 0.338 e. The number of hydrogen-bond acceptors (Lipinski definition) is 8. The van der Waals surface area contributed by atoms with Crippen molar-refractivity contribution < 1.29 is 38.0 Å². The first-order valence-electron chi connectivity index (χ1n) is 8.88. The monoisotopic (exact) mass is 398 g/mol. The molecule has 0 N–H and O–H groups in total. The highest BCUT2D eigenvalue weighted by Crippen LogP contribution is 2.39. The molecule has 1 aliphatic rings. The molecule has 0 radical (unpaired) electrons. The van der Waals surface area contributed by atoms with Crippen molar-refractivity contribution in [3.05, 3.63) is 37.5 Å². The smallest absolute Gasteiger partial charge is 0.338 e. The van der Waals surface area contributed by atoms with Crippen LogP contribution in [0.15, 0.2) is 37.5 Å². The molecule has 8 nitrogen and oxygen atoms in total. The van der Waals surface area contributed by atoms with E-state index in [1.165, 1.54) is 28.1 Å². The van der Waals surface area contributed by atoms with Gasteiger partial charge in [0, 0.05) is 20.6 Å². The van der Waals surface area contributed by atoms with Gasteiger partial charge in [0.15, 0.2) is 12.2 Å². The van der Waals surface area contributed by atoms with Crippen molar-refractivity contribution >= 4 is 11.9 Å². The number of hydrogen-bond donors (Lipinski definition) is 0. The molecule has 0 aliphatic carbocycles. The minimum atomic E-state index is -1.48. The zero-order valence-corrected chi connectivity index (χ0v) is 17.0. The molecule has 0 amide bonds. The molecule has 0 aromatic carbocycles. The van der Waals surface area contributed by atoms with E-state index in [9.17, 15) is 9.59 Å². The predicted molar refractivity (Wildman–Crippen MR) is 101 cm³/mol. The molecule has 0 aromatic heterocycles. The van der Waals surface area contributed by atoms with Gasteiger partial charge in [-0.2, -0.15) is 0 Å². The quantitative estimate of drug-likeness (QED) is 0.227. The lowest BCUT2D eigenvalue weighted by atomic mass is 10.0. The summed E-state index contributed by atoms with van der Waals surface area (Å²) in [5.74, 6) is -4.52. The van der Waals surface area contributed by atoms with E-state index in [0.29, 0.717) is 18.4 Å². The zero-order valence-electron chi connectivity index (χ0n) is 17.0. The van der Waals surface area contributed by atoms with Crippen LogP contribution in [0.5, 0.6) is 0 Å². The van der Waals surface area contributed by atoms with E-state index >= 15 is 0 Å². The van der Waals surface area contributed by atoms with Crippen molar-refractivity contribution in [1.29, 1.82) is 0 Å². The SMILES string of the molecule is C=CCCOC(=O)C1OC(C)(OC)C(C)(OC)OC1C(=O)OCCC(=C)C=C. The molecule has 0 bridgehead atoms. The lowest BCUT2D eigenvalue weighted by Crippen LogP contribution is -2.68. The summed E-state index contributed by atoms with van der Waals surface area (Å²) in [5, 5.41) is 0. The zero-order chi connectivity index (χ0) is 21.4. The van der Waals surface area contributed by atoms with Crippen molar-refractivity contribution in [2.45, 2.75) is 50.5 Å². The molecule has 1 heterocycles. The van der Waals surface area contributed by atoms with Gasteiger partial charge in [0.05, 0.1) is 13.2 Å². The number of rotatable bonds is 11. The minimum absolute atomic E-state index is 0.0486. The molecule has 1 rings (SSSR count). The third-order valence-corrected chi connectivity index (χ3v) is 4.57. The summed E-state index contributed by atoms with van der Waals surface area (Å²) in [7, 11) is 2.75. The van der Waals surface area contributed by atoms with Crippen molar-refractivity contribution in [3.63, 3.8) is 0 Å². The summed E-state index contributed by atoms with van der Waals surface area (Å²) >= 11 is 0. The number of methoxy groups -OCH3 is 2. The van der Waals surface area contributed by atoms with Crippen molar-refractivity contribution in [3.8, 4) is 0 Å². The minimum Gasteiger partial charge on any atom is -0.463 e. The Hall–Kier alpha value is -2.00. The molecule has 4 atom stereocenters. The van der Waals surface area contributed by atoms with Crippen LogP contribution in [0.25, 0.3) is 0 Å². The maximum atomic E-state index is 12.6. The van der Waals surface area contributed by atoms with E-state index in [1.807, 2.05) is 0 Å². The van der Waals surface area contributed by atoms with E-state index in [2.05, 4.69) is 19.7 Å². The molecule has 1 fully saturated rings. The van der Waals surface area contributed by atoms with E-state index in [-0.39, 0.29) is 13.2 Å². The lowest BCUT2D eigenvalue weighted by molar-refractivity contribution is -0.439. The molecular formula is C20H30O8. The summed E-state index contributed by atoms with van der Waals surface area (Å²) in [4.78, 5) is 25.1. The molecule has 4 unspecified atom stereocenters. The topological polar surface area (TPSA) is 89.5 Å². The molecule has 1 saturated heterocycles.